The van der Waals surface area contributed by atoms with Crippen LogP contribution in [0.2, 0.25) is 0 Å². The Labute approximate surface area is 218 Å². The monoisotopic (exact) mass is 509 g/mol. The number of hydrogen-bond acceptors (Lipinski definition) is 7. The molecule has 3 aromatic rings. The molecule has 0 unspecified atom stereocenters. The third kappa shape index (κ3) is 6.02. The van der Waals surface area contributed by atoms with Crippen LogP contribution in [0.3, 0.4) is 0 Å². The van der Waals surface area contributed by atoms with Crippen LogP contribution in [0.15, 0.2) is 24.3 Å². The van der Waals surface area contributed by atoms with Crippen molar-refractivity contribution in [3.63, 3.8) is 0 Å². The average molecular weight is 510 g/mol. The Morgan fingerprint density at radius 2 is 1.76 bits per heavy atom. The van der Waals surface area contributed by atoms with Gasteiger partial charge in [-0.15, -0.1) is 0 Å². The number of nitrogens with one attached hydrogen (secondary N) is 2. The van der Waals surface area contributed by atoms with E-state index in [1.165, 1.54) is 5.69 Å². The molecule has 0 spiro atoms. The summed E-state index contributed by atoms with van der Waals surface area (Å²) in [6, 6.07) is 8.19. The normalized spacial score (nSPS) is 13.7. The minimum absolute atomic E-state index is 0.214. The number of para-hydroxylation sites is 1. The number of aryl methyl sites for hydroxylation is 1. The van der Waals surface area contributed by atoms with Crippen LogP contribution in [0.4, 0.5) is 11.8 Å². The van der Waals surface area contributed by atoms with Crippen LogP contribution in [-0.4, -0.2) is 77.4 Å². The van der Waals surface area contributed by atoms with Gasteiger partial charge < -0.3 is 24.7 Å². The Balaban J connectivity index is 0.000000695. The van der Waals surface area contributed by atoms with Gasteiger partial charge in [-0.3, -0.25) is 19.3 Å². The Hall–Kier alpha value is -3.66. The van der Waals surface area contributed by atoms with Crippen molar-refractivity contribution in [1.29, 1.82) is 0 Å². The largest absolute Gasteiger partial charge is 0.372 e. The van der Waals surface area contributed by atoms with Gasteiger partial charge in [0.15, 0.2) is 5.78 Å². The Morgan fingerprint density at radius 3 is 2.32 bits per heavy atom. The van der Waals surface area contributed by atoms with Crippen LogP contribution < -0.4 is 15.5 Å². The summed E-state index contributed by atoms with van der Waals surface area (Å²) in [7, 11) is 3.98. The molecule has 0 atom stereocenters. The predicted octanol–water partition coefficient (Wildman–Crippen LogP) is 2.59. The van der Waals surface area contributed by atoms with E-state index in [0.717, 1.165) is 79.5 Å². The zero-order valence-corrected chi connectivity index (χ0v) is 22.6. The van der Waals surface area contributed by atoms with E-state index in [4.69, 9.17) is 14.6 Å². The first-order chi connectivity index (χ1) is 17.9. The molecule has 1 fully saturated rings. The third-order valence-corrected chi connectivity index (χ3v) is 6.91. The van der Waals surface area contributed by atoms with Gasteiger partial charge in [-0.25, -0.2) is 0 Å². The van der Waals surface area contributed by atoms with Gasteiger partial charge in [0.1, 0.15) is 5.82 Å². The molecule has 0 saturated carbocycles. The van der Waals surface area contributed by atoms with E-state index in [-0.39, 0.29) is 5.78 Å². The highest BCUT2D eigenvalue weighted by atomic mass is 16.2. The Bertz CT molecular complexity index is 1220. The molecule has 1 aliphatic rings. The lowest BCUT2D eigenvalue weighted by Crippen LogP contribution is -2.48. The smallest absolute Gasteiger partial charge is 0.213 e. The van der Waals surface area contributed by atoms with Gasteiger partial charge in [0.2, 0.25) is 18.8 Å². The molecule has 2 N–H and O–H groups in total. The van der Waals surface area contributed by atoms with Crippen LogP contribution >= 0.6 is 0 Å². The number of nitrogens with zero attached hydrogens (tertiary/aromatic N) is 5. The quantitative estimate of drug-likeness (QED) is 0.320. The second kappa shape index (κ2) is 13.0. The maximum atomic E-state index is 13.3. The van der Waals surface area contributed by atoms with Crippen LogP contribution in [0.25, 0.3) is 10.9 Å². The summed E-state index contributed by atoms with van der Waals surface area (Å²) in [5.74, 6) is 2.26. The summed E-state index contributed by atoms with van der Waals surface area (Å²) < 4.78 is 4.49. The standard InChI is InChI=1S/C25H36N6O.C2H3NO2/c1-6-12-31-20(7-2)24(26-4)27-25(31)30-15-13-29(14-16-30)17-22(32)23-18(3)28(5)21-11-9-8-10-19(21)23;4-1-3-2-5/h8-11,26H,6-7,12-17H2,1-5H3;1-2H,(H,3,4,5). The average Bonchev–Trinajstić information content (AvgIpc) is 3.39. The molecule has 2 aromatic heterocycles. The van der Waals surface area contributed by atoms with Crippen molar-refractivity contribution < 1.29 is 14.4 Å². The molecule has 2 amide bonds. The van der Waals surface area contributed by atoms with Crippen molar-refractivity contribution in [1.82, 2.24) is 24.3 Å². The zero-order chi connectivity index (χ0) is 26.9. The second-order valence-corrected chi connectivity index (χ2v) is 9.09. The fourth-order valence-electron chi connectivity index (χ4n) is 5.02. The van der Waals surface area contributed by atoms with Crippen LogP contribution in [-0.2, 0) is 29.6 Å². The highest BCUT2D eigenvalue weighted by Crippen LogP contribution is 2.27. The molecule has 0 radical (unpaired) electrons. The number of imide groups is 1. The first-order valence-electron chi connectivity index (χ1n) is 12.9. The number of aromatic nitrogens is 3. The van der Waals surface area contributed by atoms with Crippen LogP contribution in [0.5, 0.6) is 0 Å². The van der Waals surface area contributed by atoms with Gasteiger partial charge in [0.05, 0.1) is 12.2 Å². The summed E-state index contributed by atoms with van der Waals surface area (Å²) >= 11 is 0. The topological polar surface area (TPSA) is 104 Å². The summed E-state index contributed by atoms with van der Waals surface area (Å²) in [5, 5.41) is 6.07. The van der Waals surface area contributed by atoms with E-state index in [9.17, 15) is 4.79 Å². The molecule has 200 valence electrons. The number of carbonyl (C=O) groups is 3. The Morgan fingerprint density at radius 1 is 1.08 bits per heavy atom. The number of fused-ring (bicyclic) bond motifs is 1. The predicted molar refractivity (Wildman–Crippen MR) is 147 cm³/mol. The van der Waals surface area contributed by atoms with Crippen molar-refractivity contribution in [2.45, 2.75) is 40.2 Å². The van der Waals surface area contributed by atoms with Gasteiger partial charge in [0, 0.05) is 69.0 Å². The summed E-state index contributed by atoms with van der Waals surface area (Å²) in [5.41, 5.74) is 4.31. The fourth-order valence-corrected chi connectivity index (χ4v) is 5.02. The number of amides is 2. The number of anilines is 2. The van der Waals surface area contributed by atoms with Crippen molar-refractivity contribution in [2.75, 3.05) is 50.0 Å². The molecule has 0 bridgehead atoms. The lowest BCUT2D eigenvalue weighted by atomic mass is 10.1. The number of rotatable bonds is 10. The molecule has 1 aliphatic heterocycles. The lowest BCUT2D eigenvalue weighted by molar-refractivity contribution is -0.117. The maximum Gasteiger partial charge on any atom is 0.213 e. The molecular weight excluding hydrogens is 470 g/mol. The minimum Gasteiger partial charge on any atom is -0.372 e. The molecule has 1 aromatic carbocycles. The third-order valence-electron chi connectivity index (χ3n) is 6.91. The number of carbonyl (C=O) groups excluding carboxylic acids is 3. The number of imidazole rings is 1. The molecule has 0 aliphatic carbocycles. The number of piperazine rings is 1. The summed E-state index contributed by atoms with van der Waals surface area (Å²) in [4.78, 5) is 41.0. The SMILES string of the molecule is CCCn1c(N2CCN(CC(=O)c3c(C)n(C)c4ccccc34)CC2)nc(NC)c1CC.O=CNC=O. The molecule has 10 nitrogen and oxygen atoms in total. The van der Waals surface area contributed by atoms with Crippen LogP contribution in [0, 0.1) is 6.92 Å². The van der Waals surface area contributed by atoms with E-state index in [1.54, 1.807) is 5.32 Å². The minimum atomic E-state index is 0.214. The van der Waals surface area contributed by atoms with Crippen LogP contribution in [0.1, 0.15) is 42.0 Å². The van der Waals surface area contributed by atoms with Gasteiger partial charge in [0.25, 0.3) is 0 Å². The van der Waals surface area contributed by atoms with E-state index in [0.29, 0.717) is 19.4 Å². The molecular formula is C27H39N7O3. The molecule has 1 saturated heterocycles. The number of benzene rings is 1. The van der Waals surface area contributed by atoms with Gasteiger partial charge in [-0.05, 0) is 25.8 Å². The molecule has 3 heterocycles. The van der Waals surface area contributed by atoms with Gasteiger partial charge >= 0.3 is 0 Å². The highest BCUT2D eigenvalue weighted by molar-refractivity contribution is 6.10. The fraction of sp³-hybridized carbons (Fsp3) is 0.481. The number of hydrogen-bond donors (Lipinski definition) is 2. The Kier molecular flexibility index (Phi) is 9.85. The number of Topliss-reactive ketones (excluding diaryl/α,β-unsaturated/α-hetero) is 1. The van der Waals surface area contributed by atoms with Gasteiger partial charge in [-0.1, -0.05) is 32.0 Å². The molecule has 37 heavy (non-hydrogen) atoms. The first-order valence-corrected chi connectivity index (χ1v) is 12.9. The zero-order valence-electron chi connectivity index (χ0n) is 22.6. The first kappa shape index (κ1) is 27.9. The van der Waals surface area contributed by atoms with Crippen molar-refractivity contribution in [3.8, 4) is 0 Å². The lowest BCUT2D eigenvalue weighted by Gasteiger charge is -2.35. The molecule has 4 rings (SSSR count). The number of ketones is 1. The second-order valence-electron chi connectivity index (χ2n) is 9.09. The van der Waals surface area contributed by atoms with Crippen molar-refractivity contribution in [2.24, 2.45) is 7.05 Å². The van der Waals surface area contributed by atoms with E-state index in [2.05, 4.69) is 50.2 Å². The summed E-state index contributed by atoms with van der Waals surface area (Å²) in [6.45, 7) is 11.4. The van der Waals surface area contributed by atoms with E-state index in [1.807, 2.05) is 33.2 Å². The summed E-state index contributed by atoms with van der Waals surface area (Å²) in [6.07, 6.45) is 2.67. The molecule has 10 heteroatoms. The van der Waals surface area contributed by atoms with Crippen molar-refractivity contribution in [3.05, 3.63) is 41.2 Å². The van der Waals surface area contributed by atoms with E-state index >= 15 is 0 Å². The van der Waals surface area contributed by atoms with E-state index < -0.39 is 0 Å². The highest BCUT2D eigenvalue weighted by Gasteiger charge is 2.26. The maximum absolute atomic E-state index is 13.3. The van der Waals surface area contributed by atoms with Crippen molar-refractivity contribution >= 4 is 41.3 Å². The van der Waals surface area contributed by atoms with Gasteiger partial charge in [-0.2, -0.15) is 4.98 Å².